The van der Waals surface area contributed by atoms with Crippen molar-refractivity contribution in [1.82, 2.24) is 0 Å². The average molecular weight is 209 g/mol. The molecule has 2 atom stereocenters. The third-order valence-electron chi connectivity index (χ3n) is 2.68. The minimum absolute atomic E-state index is 0.0871. The second-order valence-corrected chi connectivity index (χ2v) is 3.98. The summed E-state index contributed by atoms with van der Waals surface area (Å²) in [7, 11) is 0. The zero-order chi connectivity index (χ0) is 11.0. The van der Waals surface area contributed by atoms with E-state index < -0.39 is 12.1 Å². The fourth-order valence-electron chi connectivity index (χ4n) is 1.76. The summed E-state index contributed by atoms with van der Waals surface area (Å²) in [5, 5.41) is 19.5. The van der Waals surface area contributed by atoms with E-state index in [4.69, 9.17) is 10.5 Å². The quantitative estimate of drug-likeness (QED) is 0.673. The van der Waals surface area contributed by atoms with E-state index in [2.05, 4.69) is 0 Å². The van der Waals surface area contributed by atoms with Crippen LogP contribution >= 0.6 is 0 Å². The van der Waals surface area contributed by atoms with Gasteiger partial charge in [0.2, 0.25) is 0 Å². The lowest BCUT2D eigenvalue weighted by atomic mass is 9.98. The van der Waals surface area contributed by atoms with Gasteiger partial charge in [0, 0.05) is 11.6 Å². The minimum Gasteiger partial charge on any atom is -0.508 e. The lowest BCUT2D eigenvalue weighted by Gasteiger charge is -2.17. The molecule has 0 amide bonds. The van der Waals surface area contributed by atoms with Gasteiger partial charge in [0.1, 0.15) is 5.75 Å². The Hall–Kier alpha value is -1.10. The monoisotopic (exact) mass is 209 g/mol. The molecule has 0 saturated heterocycles. The Morgan fingerprint density at radius 3 is 2.53 bits per heavy atom. The Balaban J connectivity index is 2.40. The third-order valence-corrected chi connectivity index (χ3v) is 2.68. The van der Waals surface area contributed by atoms with Gasteiger partial charge in [-0.05, 0) is 30.2 Å². The fraction of sp³-hybridized carbons (Fsp3) is 0.455. The topological polar surface area (TPSA) is 75.7 Å². The first-order chi connectivity index (χ1) is 7.09. The number of fused-ring (bicyclic) bond motifs is 1. The SMILES string of the molecule is CC(N)C(O)c1cc2c(cc1O)COC2. The molecule has 0 aliphatic carbocycles. The molecule has 2 rings (SSSR count). The lowest BCUT2D eigenvalue weighted by Crippen LogP contribution is -2.24. The largest absolute Gasteiger partial charge is 0.508 e. The molecule has 82 valence electrons. The van der Waals surface area contributed by atoms with Crippen LogP contribution in [0.25, 0.3) is 0 Å². The molecule has 2 unspecified atom stereocenters. The van der Waals surface area contributed by atoms with Crippen molar-refractivity contribution in [2.75, 3.05) is 0 Å². The van der Waals surface area contributed by atoms with E-state index in [1.165, 1.54) is 0 Å². The van der Waals surface area contributed by atoms with Crippen LogP contribution in [0.1, 0.15) is 29.7 Å². The maximum absolute atomic E-state index is 9.78. The molecular weight excluding hydrogens is 194 g/mol. The maximum atomic E-state index is 9.78. The van der Waals surface area contributed by atoms with Crippen LogP contribution in [0.3, 0.4) is 0 Å². The number of phenols is 1. The van der Waals surface area contributed by atoms with Crippen LogP contribution in [0, 0.1) is 0 Å². The number of benzene rings is 1. The number of aromatic hydroxyl groups is 1. The number of aliphatic hydroxyl groups excluding tert-OH is 1. The highest BCUT2D eigenvalue weighted by Gasteiger charge is 2.21. The van der Waals surface area contributed by atoms with Crippen molar-refractivity contribution in [3.05, 3.63) is 28.8 Å². The van der Waals surface area contributed by atoms with Gasteiger partial charge in [-0.25, -0.2) is 0 Å². The molecule has 1 heterocycles. The Morgan fingerprint density at radius 1 is 1.33 bits per heavy atom. The number of hydrogen-bond donors (Lipinski definition) is 3. The first-order valence-corrected chi connectivity index (χ1v) is 4.95. The van der Waals surface area contributed by atoms with Gasteiger partial charge in [-0.3, -0.25) is 0 Å². The molecule has 0 aromatic heterocycles. The smallest absolute Gasteiger partial charge is 0.121 e. The van der Waals surface area contributed by atoms with Gasteiger partial charge in [0.25, 0.3) is 0 Å². The summed E-state index contributed by atoms with van der Waals surface area (Å²) in [6.45, 7) is 2.76. The van der Waals surface area contributed by atoms with Crippen molar-refractivity contribution in [3.8, 4) is 5.75 Å². The van der Waals surface area contributed by atoms with Crippen molar-refractivity contribution < 1.29 is 14.9 Å². The number of nitrogens with two attached hydrogens (primary N) is 1. The van der Waals surface area contributed by atoms with Gasteiger partial charge in [-0.1, -0.05) is 0 Å². The van der Waals surface area contributed by atoms with Crippen molar-refractivity contribution in [1.29, 1.82) is 0 Å². The summed E-state index contributed by atoms with van der Waals surface area (Å²) >= 11 is 0. The Labute approximate surface area is 88.3 Å². The number of phenolic OH excluding ortho intramolecular Hbond substituents is 1. The summed E-state index contributed by atoms with van der Waals surface area (Å²) in [6, 6.07) is 3.01. The minimum atomic E-state index is -0.837. The van der Waals surface area contributed by atoms with E-state index in [0.29, 0.717) is 18.8 Å². The van der Waals surface area contributed by atoms with E-state index in [0.717, 1.165) is 11.1 Å². The van der Waals surface area contributed by atoms with E-state index in [9.17, 15) is 10.2 Å². The zero-order valence-electron chi connectivity index (χ0n) is 8.60. The molecular formula is C11H15NO3. The first kappa shape index (κ1) is 10.4. The van der Waals surface area contributed by atoms with Gasteiger partial charge in [0.15, 0.2) is 0 Å². The van der Waals surface area contributed by atoms with Crippen molar-refractivity contribution >= 4 is 0 Å². The standard InChI is InChI=1S/C11H15NO3/c1-6(12)11(14)9-2-7-4-15-5-8(7)3-10(9)13/h2-3,6,11,13-14H,4-5,12H2,1H3. The molecule has 0 saturated carbocycles. The predicted octanol–water partition coefficient (Wildman–Crippen LogP) is 0.803. The van der Waals surface area contributed by atoms with Crippen molar-refractivity contribution in [3.63, 3.8) is 0 Å². The Kier molecular flexibility index (Phi) is 2.65. The number of aliphatic hydroxyl groups is 1. The Morgan fingerprint density at radius 2 is 1.93 bits per heavy atom. The molecule has 4 nitrogen and oxygen atoms in total. The van der Waals surface area contributed by atoms with E-state index in [1.54, 1.807) is 19.1 Å². The summed E-state index contributed by atoms with van der Waals surface area (Å²) in [5.74, 6) is 0.0871. The van der Waals surface area contributed by atoms with Crippen LogP contribution in [0.4, 0.5) is 0 Å². The highest BCUT2D eigenvalue weighted by Crippen LogP contribution is 2.32. The van der Waals surface area contributed by atoms with Crippen molar-refractivity contribution in [2.45, 2.75) is 32.3 Å². The van der Waals surface area contributed by atoms with Crippen LogP contribution in [-0.4, -0.2) is 16.3 Å². The molecule has 4 heteroatoms. The van der Waals surface area contributed by atoms with E-state index >= 15 is 0 Å². The summed E-state index contributed by atoms with van der Waals surface area (Å²) in [5.41, 5.74) is 8.07. The van der Waals surface area contributed by atoms with Crippen LogP contribution < -0.4 is 5.73 Å². The molecule has 0 fully saturated rings. The molecule has 1 aliphatic rings. The number of ether oxygens (including phenoxy) is 1. The normalized spacial score (nSPS) is 18.6. The van der Waals surface area contributed by atoms with Gasteiger partial charge in [0.05, 0.1) is 19.3 Å². The highest BCUT2D eigenvalue weighted by atomic mass is 16.5. The van der Waals surface area contributed by atoms with Crippen LogP contribution in [0.15, 0.2) is 12.1 Å². The molecule has 0 bridgehead atoms. The first-order valence-electron chi connectivity index (χ1n) is 4.95. The maximum Gasteiger partial charge on any atom is 0.121 e. The predicted molar refractivity (Wildman–Crippen MR) is 55.2 cm³/mol. The molecule has 4 N–H and O–H groups in total. The lowest BCUT2D eigenvalue weighted by molar-refractivity contribution is 0.134. The van der Waals surface area contributed by atoms with Gasteiger partial charge >= 0.3 is 0 Å². The van der Waals surface area contributed by atoms with E-state index in [-0.39, 0.29) is 5.75 Å². The second kappa shape index (κ2) is 3.81. The summed E-state index contributed by atoms with van der Waals surface area (Å²) in [6.07, 6.45) is -0.837. The fourth-order valence-corrected chi connectivity index (χ4v) is 1.76. The van der Waals surface area contributed by atoms with Crippen LogP contribution in [0.5, 0.6) is 5.75 Å². The molecule has 0 radical (unpaired) electrons. The zero-order valence-corrected chi connectivity index (χ0v) is 8.60. The molecule has 1 aromatic rings. The Bertz CT molecular complexity index is 376. The van der Waals surface area contributed by atoms with E-state index in [1.807, 2.05) is 0 Å². The molecule has 1 aromatic carbocycles. The van der Waals surface area contributed by atoms with Crippen LogP contribution in [-0.2, 0) is 18.0 Å². The summed E-state index contributed by atoms with van der Waals surface area (Å²) in [4.78, 5) is 0. The van der Waals surface area contributed by atoms with Crippen LogP contribution in [0.2, 0.25) is 0 Å². The molecule has 0 spiro atoms. The number of hydrogen-bond acceptors (Lipinski definition) is 4. The second-order valence-electron chi connectivity index (χ2n) is 3.98. The highest BCUT2D eigenvalue weighted by molar-refractivity contribution is 5.44. The molecule has 1 aliphatic heterocycles. The van der Waals surface area contributed by atoms with Crippen molar-refractivity contribution in [2.24, 2.45) is 5.73 Å². The van der Waals surface area contributed by atoms with Gasteiger partial charge in [-0.15, -0.1) is 0 Å². The molecule has 15 heavy (non-hydrogen) atoms. The average Bonchev–Trinajstić information content (AvgIpc) is 2.62. The number of rotatable bonds is 2. The van der Waals surface area contributed by atoms with Gasteiger partial charge < -0.3 is 20.7 Å². The summed E-state index contributed by atoms with van der Waals surface area (Å²) < 4.78 is 5.24. The van der Waals surface area contributed by atoms with Gasteiger partial charge in [-0.2, -0.15) is 0 Å². The third kappa shape index (κ3) is 1.84.